The Labute approximate surface area is 142 Å². The van der Waals surface area contributed by atoms with Gasteiger partial charge in [0.05, 0.1) is 4.92 Å². The van der Waals surface area contributed by atoms with Gasteiger partial charge in [-0.3, -0.25) is 14.9 Å². The smallest absolute Gasteiger partial charge is 0.311 e. The van der Waals surface area contributed by atoms with Gasteiger partial charge in [0.2, 0.25) is 5.75 Å². The highest BCUT2D eigenvalue weighted by molar-refractivity contribution is 5.94. The van der Waals surface area contributed by atoms with Crippen LogP contribution in [-0.2, 0) is 4.79 Å². The summed E-state index contributed by atoms with van der Waals surface area (Å²) in [4.78, 5) is 22.7. The first-order valence-corrected chi connectivity index (χ1v) is 7.38. The van der Waals surface area contributed by atoms with E-state index in [1.807, 2.05) is 0 Å². The monoisotopic (exact) mass is 350 g/mol. The van der Waals surface area contributed by atoms with Crippen molar-refractivity contribution in [2.45, 2.75) is 26.9 Å². The number of hydrogen-bond donors (Lipinski definition) is 1. The average Bonchev–Trinajstić information content (AvgIpc) is 2.52. The van der Waals surface area contributed by atoms with Gasteiger partial charge >= 0.3 is 5.69 Å². The zero-order valence-electron chi connectivity index (χ0n) is 13.8. The molecule has 0 fully saturated rings. The Balaban J connectivity index is 2.24. The van der Waals surface area contributed by atoms with Crippen LogP contribution < -0.4 is 10.1 Å². The molecule has 0 aliphatic carbocycles. The molecule has 0 saturated carbocycles. The number of aryl methyl sites for hydroxylation is 2. The highest BCUT2D eigenvalue weighted by Crippen LogP contribution is 2.33. The second-order valence-electron chi connectivity index (χ2n) is 5.53. The Kier molecular flexibility index (Phi) is 5.31. The average molecular weight is 350 g/mol. The molecule has 0 spiro atoms. The van der Waals surface area contributed by atoms with E-state index in [0.717, 1.165) is 12.1 Å². The van der Waals surface area contributed by atoms with Gasteiger partial charge in [0.1, 0.15) is 17.3 Å². The minimum Gasteiger partial charge on any atom is -0.473 e. The summed E-state index contributed by atoms with van der Waals surface area (Å²) < 4.78 is 32.6. The molecule has 25 heavy (non-hydrogen) atoms. The number of anilines is 1. The molecule has 1 atom stereocenters. The number of nitro benzene ring substituents is 1. The minimum absolute atomic E-state index is 0.0627. The van der Waals surface area contributed by atoms with E-state index in [0.29, 0.717) is 11.1 Å². The number of carbonyl (C=O) groups excluding carboxylic acids is 1. The van der Waals surface area contributed by atoms with E-state index in [1.54, 1.807) is 19.9 Å². The van der Waals surface area contributed by atoms with Crippen molar-refractivity contribution in [2.24, 2.45) is 0 Å². The predicted molar refractivity (Wildman–Crippen MR) is 87.6 cm³/mol. The number of nitro groups is 1. The molecule has 6 nitrogen and oxygen atoms in total. The number of hydrogen-bond acceptors (Lipinski definition) is 4. The lowest BCUT2D eigenvalue weighted by molar-refractivity contribution is -0.386. The standard InChI is InChI=1S/C17H16F2N2O4/c1-9-7-10(2)16(14(8-9)21(23)24)25-11(3)17(22)20-15-12(18)5-4-6-13(15)19/h4-8,11H,1-3H3,(H,20,22). The first-order valence-electron chi connectivity index (χ1n) is 7.38. The quantitative estimate of drug-likeness (QED) is 0.655. The summed E-state index contributed by atoms with van der Waals surface area (Å²) in [5.74, 6) is -2.76. The maximum atomic E-state index is 13.6. The molecule has 132 valence electrons. The summed E-state index contributed by atoms with van der Waals surface area (Å²) in [5, 5.41) is 13.3. The third-order valence-corrected chi connectivity index (χ3v) is 3.47. The van der Waals surface area contributed by atoms with Crippen LogP contribution in [0, 0.1) is 35.6 Å². The molecule has 0 radical (unpaired) electrons. The lowest BCUT2D eigenvalue weighted by atomic mass is 10.1. The molecular weight excluding hydrogens is 334 g/mol. The largest absolute Gasteiger partial charge is 0.473 e. The first kappa shape index (κ1) is 18.3. The zero-order valence-corrected chi connectivity index (χ0v) is 13.8. The molecular formula is C17H16F2N2O4. The Morgan fingerprint density at radius 2 is 1.84 bits per heavy atom. The lowest BCUT2D eigenvalue weighted by Gasteiger charge is -2.17. The molecule has 0 saturated heterocycles. The zero-order chi connectivity index (χ0) is 18.7. The van der Waals surface area contributed by atoms with Gasteiger partial charge in [-0.15, -0.1) is 0 Å². The maximum absolute atomic E-state index is 13.6. The SMILES string of the molecule is Cc1cc(C)c(OC(C)C(=O)Nc2c(F)cccc2F)c([N+](=O)[O-])c1. The fourth-order valence-electron chi connectivity index (χ4n) is 2.29. The molecule has 0 heterocycles. The maximum Gasteiger partial charge on any atom is 0.311 e. The summed E-state index contributed by atoms with van der Waals surface area (Å²) in [6, 6.07) is 6.16. The van der Waals surface area contributed by atoms with Gasteiger partial charge in [0.15, 0.2) is 6.10 Å². The minimum atomic E-state index is -1.21. The molecule has 1 unspecified atom stereocenters. The normalized spacial score (nSPS) is 11.7. The molecule has 1 amide bonds. The number of amides is 1. The van der Waals surface area contributed by atoms with Crippen molar-refractivity contribution < 1.29 is 23.2 Å². The second kappa shape index (κ2) is 7.25. The number of carbonyl (C=O) groups is 1. The van der Waals surface area contributed by atoms with Crippen molar-refractivity contribution in [3.05, 3.63) is 63.2 Å². The number of halogens is 2. The molecule has 8 heteroatoms. The van der Waals surface area contributed by atoms with Gasteiger partial charge < -0.3 is 10.1 Å². The molecule has 0 aromatic heterocycles. The number of nitrogens with one attached hydrogen (secondary N) is 1. The van der Waals surface area contributed by atoms with Crippen LogP contribution in [0.4, 0.5) is 20.2 Å². The Bertz CT molecular complexity index is 819. The molecule has 0 aliphatic rings. The molecule has 0 bridgehead atoms. The van der Waals surface area contributed by atoms with E-state index >= 15 is 0 Å². The van der Waals surface area contributed by atoms with Crippen LogP contribution in [0.2, 0.25) is 0 Å². The van der Waals surface area contributed by atoms with Crippen LogP contribution in [0.15, 0.2) is 30.3 Å². The molecule has 2 aromatic rings. The van der Waals surface area contributed by atoms with Crippen LogP contribution in [-0.4, -0.2) is 16.9 Å². The predicted octanol–water partition coefficient (Wildman–Crippen LogP) is 3.90. The third kappa shape index (κ3) is 4.09. The van der Waals surface area contributed by atoms with Gasteiger partial charge in [0, 0.05) is 6.07 Å². The van der Waals surface area contributed by atoms with Crippen LogP contribution in [0.3, 0.4) is 0 Å². The van der Waals surface area contributed by atoms with E-state index in [1.165, 1.54) is 19.1 Å². The van der Waals surface area contributed by atoms with Crippen molar-refractivity contribution in [2.75, 3.05) is 5.32 Å². The van der Waals surface area contributed by atoms with E-state index in [-0.39, 0.29) is 11.4 Å². The van der Waals surface area contributed by atoms with Crippen LogP contribution in [0.5, 0.6) is 5.75 Å². The highest BCUT2D eigenvalue weighted by atomic mass is 19.1. The van der Waals surface area contributed by atoms with Gasteiger partial charge in [0.25, 0.3) is 5.91 Å². The Morgan fingerprint density at radius 3 is 2.40 bits per heavy atom. The van der Waals surface area contributed by atoms with Crippen molar-refractivity contribution in [1.82, 2.24) is 0 Å². The number of nitrogens with zero attached hydrogens (tertiary/aromatic N) is 1. The molecule has 1 N–H and O–H groups in total. The Morgan fingerprint density at radius 1 is 1.24 bits per heavy atom. The summed E-state index contributed by atoms with van der Waals surface area (Å²) in [5.41, 5.74) is 0.262. The van der Waals surface area contributed by atoms with Crippen molar-refractivity contribution in [3.63, 3.8) is 0 Å². The number of benzene rings is 2. The topological polar surface area (TPSA) is 81.5 Å². The second-order valence-corrected chi connectivity index (χ2v) is 5.53. The molecule has 2 aromatic carbocycles. The van der Waals surface area contributed by atoms with Crippen LogP contribution >= 0.6 is 0 Å². The number of para-hydroxylation sites is 1. The van der Waals surface area contributed by atoms with E-state index in [9.17, 15) is 23.7 Å². The summed E-state index contributed by atoms with van der Waals surface area (Å²) >= 11 is 0. The van der Waals surface area contributed by atoms with Crippen LogP contribution in [0.25, 0.3) is 0 Å². The van der Waals surface area contributed by atoms with Gasteiger partial charge in [-0.25, -0.2) is 8.78 Å². The van der Waals surface area contributed by atoms with Crippen molar-refractivity contribution in [3.8, 4) is 5.75 Å². The van der Waals surface area contributed by atoms with Gasteiger partial charge in [-0.2, -0.15) is 0 Å². The third-order valence-electron chi connectivity index (χ3n) is 3.47. The van der Waals surface area contributed by atoms with Gasteiger partial charge in [-0.05, 0) is 44.0 Å². The fourth-order valence-corrected chi connectivity index (χ4v) is 2.29. The Hall–Kier alpha value is -3.03. The van der Waals surface area contributed by atoms with Crippen molar-refractivity contribution >= 4 is 17.3 Å². The summed E-state index contributed by atoms with van der Waals surface area (Å²) in [6.07, 6.45) is -1.21. The van der Waals surface area contributed by atoms with Crippen LogP contribution in [0.1, 0.15) is 18.1 Å². The molecule has 2 rings (SSSR count). The fraction of sp³-hybridized carbons (Fsp3) is 0.235. The van der Waals surface area contributed by atoms with E-state index in [2.05, 4.69) is 5.32 Å². The highest BCUT2D eigenvalue weighted by Gasteiger charge is 2.24. The van der Waals surface area contributed by atoms with Gasteiger partial charge in [-0.1, -0.05) is 12.1 Å². The number of rotatable bonds is 5. The summed E-state index contributed by atoms with van der Waals surface area (Å²) in [6.45, 7) is 4.63. The molecule has 0 aliphatic heterocycles. The number of ether oxygens (including phenoxy) is 1. The summed E-state index contributed by atoms with van der Waals surface area (Å²) in [7, 11) is 0. The lowest BCUT2D eigenvalue weighted by Crippen LogP contribution is -2.31. The van der Waals surface area contributed by atoms with E-state index < -0.39 is 34.3 Å². The first-order chi connectivity index (χ1) is 11.7. The van der Waals surface area contributed by atoms with E-state index in [4.69, 9.17) is 4.74 Å². The van der Waals surface area contributed by atoms with Crippen molar-refractivity contribution in [1.29, 1.82) is 0 Å².